The number of nitrogens with zero attached hydrogens (tertiary/aromatic N) is 1. The smallest absolute Gasteiger partial charge is 0.271 e. The van der Waals surface area contributed by atoms with E-state index in [0.29, 0.717) is 10.6 Å². The number of benzene rings is 2. The second kappa shape index (κ2) is 7.36. The molecule has 0 bridgehead atoms. The van der Waals surface area contributed by atoms with Crippen molar-refractivity contribution in [2.24, 2.45) is 5.10 Å². The molecular formula is C18H17ClN2O3. The molecule has 1 amide bonds. The van der Waals surface area contributed by atoms with E-state index >= 15 is 0 Å². The predicted octanol–water partition coefficient (Wildman–Crippen LogP) is 3.81. The van der Waals surface area contributed by atoms with E-state index in [9.17, 15) is 4.79 Å². The molecule has 5 nitrogen and oxygen atoms in total. The highest BCUT2D eigenvalue weighted by molar-refractivity contribution is 6.30. The summed E-state index contributed by atoms with van der Waals surface area (Å²) in [5, 5.41) is 4.73. The lowest BCUT2D eigenvalue weighted by Crippen LogP contribution is -2.19. The van der Waals surface area contributed by atoms with E-state index in [1.165, 1.54) is 0 Å². The van der Waals surface area contributed by atoms with Gasteiger partial charge in [0.1, 0.15) is 0 Å². The zero-order valence-electron chi connectivity index (χ0n) is 13.2. The van der Waals surface area contributed by atoms with E-state index in [0.717, 1.165) is 35.6 Å². The van der Waals surface area contributed by atoms with E-state index in [-0.39, 0.29) is 12.7 Å². The maximum absolute atomic E-state index is 12.0. The molecule has 124 valence electrons. The van der Waals surface area contributed by atoms with E-state index in [1.807, 2.05) is 25.1 Å². The van der Waals surface area contributed by atoms with Crippen LogP contribution in [-0.2, 0) is 6.42 Å². The second-order valence-corrected chi connectivity index (χ2v) is 5.92. The van der Waals surface area contributed by atoms with Gasteiger partial charge in [-0.15, -0.1) is 0 Å². The van der Waals surface area contributed by atoms with Gasteiger partial charge in [0.25, 0.3) is 5.91 Å². The van der Waals surface area contributed by atoms with E-state index in [1.54, 1.807) is 24.3 Å². The SMILES string of the molecule is C/C(CCc1ccc2c(c1)OCO2)=N/NC(=O)c1ccc(Cl)cc1. The summed E-state index contributed by atoms with van der Waals surface area (Å²) in [7, 11) is 0. The lowest BCUT2D eigenvalue weighted by atomic mass is 10.1. The number of carbonyl (C=O) groups excluding carboxylic acids is 1. The Balaban J connectivity index is 1.52. The summed E-state index contributed by atoms with van der Waals surface area (Å²) in [6, 6.07) is 12.6. The van der Waals surface area contributed by atoms with E-state index < -0.39 is 0 Å². The standard InChI is InChI=1S/C18H17ClN2O3/c1-12(20-21-18(22)14-5-7-15(19)8-6-14)2-3-13-4-9-16-17(10-13)24-11-23-16/h4-10H,2-3,11H2,1H3,(H,21,22)/b20-12-. The average Bonchev–Trinajstić information content (AvgIpc) is 3.06. The lowest BCUT2D eigenvalue weighted by Gasteiger charge is -2.04. The number of halogens is 1. The van der Waals surface area contributed by atoms with Gasteiger partial charge in [-0.3, -0.25) is 4.79 Å². The Morgan fingerprint density at radius 3 is 2.71 bits per heavy atom. The van der Waals surface area contributed by atoms with Crippen LogP contribution >= 0.6 is 11.6 Å². The minimum absolute atomic E-state index is 0.255. The Morgan fingerprint density at radius 2 is 1.92 bits per heavy atom. The highest BCUT2D eigenvalue weighted by Gasteiger charge is 2.13. The number of carbonyl (C=O) groups is 1. The van der Waals surface area contributed by atoms with Crippen LogP contribution in [0, 0.1) is 0 Å². The van der Waals surface area contributed by atoms with Crippen molar-refractivity contribution in [1.82, 2.24) is 5.43 Å². The van der Waals surface area contributed by atoms with Gasteiger partial charge in [-0.05, 0) is 61.7 Å². The Kier molecular flexibility index (Phi) is 5.01. The summed E-state index contributed by atoms with van der Waals surface area (Å²) in [4.78, 5) is 12.0. The van der Waals surface area contributed by atoms with Crippen molar-refractivity contribution in [1.29, 1.82) is 0 Å². The number of hydrogen-bond acceptors (Lipinski definition) is 4. The van der Waals surface area contributed by atoms with Gasteiger partial charge in [0.2, 0.25) is 6.79 Å². The maximum Gasteiger partial charge on any atom is 0.271 e. The third-order valence-electron chi connectivity index (χ3n) is 3.67. The number of nitrogens with one attached hydrogen (secondary N) is 1. The number of hydrogen-bond donors (Lipinski definition) is 1. The first-order chi connectivity index (χ1) is 11.6. The zero-order valence-corrected chi connectivity index (χ0v) is 14.0. The number of amides is 1. The fraction of sp³-hybridized carbons (Fsp3) is 0.222. The van der Waals surface area contributed by atoms with Crippen molar-refractivity contribution < 1.29 is 14.3 Å². The second-order valence-electron chi connectivity index (χ2n) is 5.48. The van der Waals surface area contributed by atoms with E-state index in [2.05, 4.69) is 10.5 Å². The molecule has 3 rings (SSSR count). The largest absolute Gasteiger partial charge is 0.454 e. The van der Waals surface area contributed by atoms with Gasteiger partial charge in [0.05, 0.1) is 0 Å². The molecule has 0 fully saturated rings. The highest BCUT2D eigenvalue weighted by Crippen LogP contribution is 2.32. The lowest BCUT2D eigenvalue weighted by molar-refractivity contribution is 0.0954. The average molecular weight is 345 g/mol. The van der Waals surface area contributed by atoms with Crippen LogP contribution in [0.3, 0.4) is 0 Å². The first-order valence-corrected chi connectivity index (χ1v) is 7.97. The molecule has 2 aromatic carbocycles. The topological polar surface area (TPSA) is 59.9 Å². The maximum atomic E-state index is 12.0. The monoisotopic (exact) mass is 344 g/mol. The molecule has 1 heterocycles. The number of hydrazone groups is 1. The predicted molar refractivity (Wildman–Crippen MR) is 92.9 cm³/mol. The number of ether oxygens (including phenoxy) is 2. The molecule has 0 aromatic heterocycles. The molecular weight excluding hydrogens is 328 g/mol. The molecule has 24 heavy (non-hydrogen) atoms. The summed E-state index contributed by atoms with van der Waals surface area (Å²) >= 11 is 5.80. The van der Waals surface area contributed by atoms with Crippen molar-refractivity contribution >= 4 is 23.2 Å². The summed E-state index contributed by atoms with van der Waals surface area (Å²) in [5.41, 5.74) is 5.06. The van der Waals surface area contributed by atoms with Gasteiger partial charge in [-0.25, -0.2) is 5.43 Å². The van der Waals surface area contributed by atoms with Gasteiger partial charge >= 0.3 is 0 Å². The molecule has 1 aliphatic heterocycles. The van der Waals surface area contributed by atoms with Crippen LogP contribution in [0.4, 0.5) is 0 Å². The molecule has 1 N–H and O–H groups in total. The highest BCUT2D eigenvalue weighted by atomic mass is 35.5. The van der Waals surface area contributed by atoms with Crippen LogP contribution < -0.4 is 14.9 Å². The summed E-state index contributed by atoms with van der Waals surface area (Å²) < 4.78 is 10.7. The van der Waals surface area contributed by atoms with Crippen LogP contribution in [0.1, 0.15) is 29.3 Å². The quantitative estimate of drug-likeness (QED) is 0.662. The summed E-state index contributed by atoms with van der Waals surface area (Å²) in [6.45, 7) is 2.16. The van der Waals surface area contributed by atoms with Gasteiger partial charge in [0.15, 0.2) is 11.5 Å². The molecule has 0 spiro atoms. The van der Waals surface area contributed by atoms with Crippen LogP contribution in [0.5, 0.6) is 11.5 Å². The molecule has 1 aliphatic rings. The van der Waals surface area contributed by atoms with Crippen LogP contribution in [0.15, 0.2) is 47.6 Å². The van der Waals surface area contributed by atoms with Gasteiger partial charge in [0, 0.05) is 16.3 Å². The molecule has 0 aliphatic carbocycles. The number of fused-ring (bicyclic) bond motifs is 1. The first-order valence-electron chi connectivity index (χ1n) is 7.59. The molecule has 0 atom stereocenters. The van der Waals surface area contributed by atoms with Gasteiger partial charge < -0.3 is 9.47 Å². The number of rotatable bonds is 5. The fourth-order valence-corrected chi connectivity index (χ4v) is 2.42. The van der Waals surface area contributed by atoms with Crippen molar-refractivity contribution in [3.8, 4) is 11.5 Å². The minimum atomic E-state index is -0.255. The number of aryl methyl sites for hydroxylation is 1. The summed E-state index contributed by atoms with van der Waals surface area (Å²) in [6.07, 6.45) is 1.54. The van der Waals surface area contributed by atoms with Crippen LogP contribution in [0.2, 0.25) is 5.02 Å². The molecule has 0 radical (unpaired) electrons. The molecule has 0 saturated heterocycles. The zero-order chi connectivity index (χ0) is 16.9. The molecule has 0 saturated carbocycles. The fourth-order valence-electron chi connectivity index (χ4n) is 2.29. The minimum Gasteiger partial charge on any atom is -0.454 e. The Bertz CT molecular complexity index is 772. The molecule has 0 unspecified atom stereocenters. The van der Waals surface area contributed by atoms with Crippen molar-refractivity contribution in [3.63, 3.8) is 0 Å². The van der Waals surface area contributed by atoms with Gasteiger partial charge in [-0.2, -0.15) is 5.10 Å². The first kappa shape index (κ1) is 16.3. The third-order valence-corrected chi connectivity index (χ3v) is 3.92. The van der Waals surface area contributed by atoms with E-state index in [4.69, 9.17) is 21.1 Å². The third kappa shape index (κ3) is 4.06. The van der Waals surface area contributed by atoms with Crippen molar-refractivity contribution in [2.45, 2.75) is 19.8 Å². The Labute approximate surface area is 145 Å². The van der Waals surface area contributed by atoms with Crippen molar-refractivity contribution in [3.05, 3.63) is 58.6 Å². The Morgan fingerprint density at radius 1 is 1.17 bits per heavy atom. The Hall–Kier alpha value is -2.53. The normalized spacial score (nSPS) is 13.0. The van der Waals surface area contributed by atoms with Crippen LogP contribution in [-0.4, -0.2) is 18.4 Å². The van der Waals surface area contributed by atoms with Gasteiger partial charge in [-0.1, -0.05) is 17.7 Å². The van der Waals surface area contributed by atoms with Crippen molar-refractivity contribution in [2.75, 3.05) is 6.79 Å². The summed E-state index contributed by atoms with van der Waals surface area (Å²) in [5.74, 6) is 1.30. The van der Waals surface area contributed by atoms with Crippen LogP contribution in [0.25, 0.3) is 0 Å². The molecule has 6 heteroatoms. The molecule has 2 aromatic rings.